The summed E-state index contributed by atoms with van der Waals surface area (Å²) in [6.07, 6.45) is 1.80. The van der Waals surface area contributed by atoms with Crippen molar-refractivity contribution in [2.75, 3.05) is 0 Å². The highest BCUT2D eigenvalue weighted by atomic mass is 15.0. The van der Waals surface area contributed by atoms with Crippen LogP contribution in [0.5, 0.6) is 0 Å². The number of nitrogens with zero attached hydrogens (tertiary/aromatic N) is 6. The van der Waals surface area contributed by atoms with Crippen molar-refractivity contribution in [1.29, 1.82) is 0 Å². The maximum Gasteiger partial charge on any atom is 0.187 e. The molecule has 0 spiro atoms. The average Bonchev–Trinajstić information content (AvgIpc) is 3.11. The molecular weight excluding hydrogens is 540 g/mol. The molecule has 0 aliphatic carbocycles. The van der Waals surface area contributed by atoms with Crippen molar-refractivity contribution in [1.82, 2.24) is 24.9 Å². The van der Waals surface area contributed by atoms with E-state index < -0.39 is 0 Å². The summed E-state index contributed by atoms with van der Waals surface area (Å²) in [7, 11) is 0. The zero-order chi connectivity index (χ0) is 29.5. The van der Waals surface area contributed by atoms with Crippen molar-refractivity contribution in [3.05, 3.63) is 145 Å². The Labute approximate surface area is 253 Å². The maximum absolute atomic E-state index is 7.43. The number of benzene rings is 5. The lowest BCUT2D eigenvalue weighted by molar-refractivity contribution is 1.07. The van der Waals surface area contributed by atoms with E-state index in [1.165, 1.54) is 0 Å². The lowest BCUT2D eigenvalue weighted by atomic mass is 9.96. The molecule has 0 bridgehead atoms. The monoisotopic (exact) mass is 562 g/mol. The molecule has 3 heterocycles. The Hall–Kier alpha value is -6.32. The van der Waals surface area contributed by atoms with Crippen molar-refractivity contribution in [2.45, 2.75) is 0 Å². The van der Waals surface area contributed by atoms with E-state index in [2.05, 4.69) is 35.2 Å². The third-order valence-corrected chi connectivity index (χ3v) is 7.71. The Kier molecular flexibility index (Phi) is 6.06. The van der Waals surface area contributed by atoms with Gasteiger partial charge in [-0.15, -0.1) is 0 Å². The highest BCUT2D eigenvalue weighted by Gasteiger charge is 2.15. The molecule has 3 aromatic heterocycles. The van der Waals surface area contributed by atoms with Crippen LogP contribution in [0.25, 0.3) is 82.8 Å². The number of hydrogen-bond donors (Lipinski definition) is 0. The van der Waals surface area contributed by atoms with Crippen LogP contribution in [0.4, 0.5) is 5.69 Å². The number of rotatable bonds is 4. The van der Waals surface area contributed by atoms with Crippen LogP contribution in [0.2, 0.25) is 0 Å². The molecule has 204 valence electrons. The molecule has 0 saturated carbocycles. The van der Waals surface area contributed by atoms with Crippen molar-refractivity contribution >= 4 is 38.4 Å². The van der Waals surface area contributed by atoms with E-state index in [0.717, 1.165) is 60.5 Å². The summed E-state index contributed by atoms with van der Waals surface area (Å²) in [5, 5.41) is 2.89. The highest BCUT2D eigenvalue weighted by Crippen LogP contribution is 2.36. The molecule has 0 aliphatic heterocycles. The number of hydrogen-bond acceptors (Lipinski definition) is 5. The predicted molar refractivity (Wildman–Crippen MR) is 176 cm³/mol. The highest BCUT2D eigenvalue weighted by molar-refractivity contribution is 6.12. The van der Waals surface area contributed by atoms with Gasteiger partial charge in [-0.3, -0.25) is 4.98 Å². The van der Waals surface area contributed by atoms with Crippen LogP contribution in [0.3, 0.4) is 0 Å². The van der Waals surface area contributed by atoms with Gasteiger partial charge < -0.3 is 0 Å². The van der Waals surface area contributed by atoms with Gasteiger partial charge in [-0.05, 0) is 52.9 Å². The van der Waals surface area contributed by atoms with Crippen molar-refractivity contribution < 1.29 is 0 Å². The van der Waals surface area contributed by atoms with Gasteiger partial charge in [-0.25, -0.2) is 24.8 Å². The van der Waals surface area contributed by atoms with Crippen LogP contribution in [-0.4, -0.2) is 24.9 Å². The third kappa shape index (κ3) is 4.50. The first-order valence-corrected chi connectivity index (χ1v) is 14.2. The molecule has 6 heteroatoms. The number of aromatic nitrogens is 5. The molecule has 0 saturated heterocycles. The predicted octanol–water partition coefficient (Wildman–Crippen LogP) is 9.34. The Morgan fingerprint density at radius 2 is 1.14 bits per heavy atom. The van der Waals surface area contributed by atoms with Crippen LogP contribution in [0.1, 0.15) is 0 Å². The molecule has 0 atom stereocenters. The maximum atomic E-state index is 7.43. The van der Waals surface area contributed by atoms with E-state index in [4.69, 9.17) is 31.5 Å². The van der Waals surface area contributed by atoms with E-state index >= 15 is 0 Å². The van der Waals surface area contributed by atoms with Crippen LogP contribution >= 0.6 is 0 Å². The van der Waals surface area contributed by atoms with Gasteiger partial charge in [0.2, 0.25) is 0 Å². The van der Waals surface area contributed by atoms with Gasteiger partial charge in [0.1, 0.15) is 0 Å². The van der Waals surface area contributed by atoms with Gasteiger partial charge in [0.05, 0.1) is 23.1 Å². The molecule has 0 fully saturated rings. The lowest BCUT2D eigenvalue weighted by Crippen LogP contribution is -2.00. The normalized spacial score (nSPS) is 11.2. The van der Waals surface area contributed by atoms with Crippen LogP contribution in [0.15, 0.2) is 134 Å². The van der Waals surface area contributed by atoms with Gasteiger partial charge in [-0.1, -0.05) is 91.0 Å². The van der Waals surface area contributed by atoms with Gasteiger partial charge in [-0.2, -0.15) is 0 Å². The van der Waals surface area contributed by atoms with Crippen molar-refractivity contribution in [3.63, 3.8) is 0 Å². The molecule has 5 aromatic carbocycles. The van der Waals surface area contributed by atoms with E-state index in [9.17, 15) is 0 Å². The average molecular weight is 563 g/mol. The summed E-state index contributed by atoms with van der Waals surface area (Å²) in [6.45, 7) is 7.43. The standard InChI is InChI=1S/C38H22N6/c1-39-30-17-18-33-28(22-30)21-29-23-32(31-16-9-19-40-35(31)34(29)41-33)26-14-8-15-27(20-26)38-43-36(24-10-4-2-5-11-24)42-37(44-38)25-12-6-3-7-13-25/h2-23H. The molecule has 6 nitrogen and oxygen atoms in total. The van der Waals surface area contributed by atoms with Crippen LogP contribution in [0, 0.1) is 6.57 Å². The van der Waals surface area contributed by atoms with Gasteiger partial charge in [0.15, 0.2) is 23.2 Å². The summed E-state index contributed by atoms with van der Waals surface area (Å²) in [6, 6.07) is 42.1. The summed E-state index contributed by atoms with van der Waals surface area (Å²) in [4.78, 5) is 28.0. The molecule has 8 rings (SSSR count). The topological polar surface area (TPSA) is 68.8 Å². The lowest BCUT2D eigenvalue weighted by Gasteiger charge is -2.12. The van der Waals surface area contributed by atoms with Crippen molar-refractivity contribution in [3.8, 4) is 45.3 Å². The Morgan fingerprint density at radius 3 is 1.84 bits per heavy atom. The Bertz CT molecular complexity index is 2340. The fourth-order valence-electron chi connectivity index (χ4n) is 5.60. The van der Waals surface area contributed by atoms with E-state index in [-0.39, 0.29) is 0 Å². The van der Waals surface area contributed by atoms with Crippen LogP contribution in [-0.2, 0) is 0 Å². The minimum absolute atomic E-state index is 0.590. The smallest absolute Gasteiger partial charge is 0.187 e. The second kappa shape index (κ2) is 10.5. The minimum atomic E-state index is 0.590. The van der Waals surface area contributed by atoms with E-state index in [1.54, 1.807) is 12.3 Å². The first-order valence-electron chi connectivity index (χ1n) is 14.2. The first kappa shape index (κ1) is 25.4. The minimum Gasteiger partial charge on any atom is -0.254 e. The molecule has 0 unspecified atom stereocenters. The van der Waals surface area contributed by atoms with E-state index in [1.807, 2.05) is 91.0 Å². The largest absolute Gasteiger partial charge is 0.254 e. The Balaban J connectivity index is 1.32. The van der Waals surface area contributed by atoms with Gasteiger partial charge >= 0.3 is 0 Å². The third-order valence-electron chi connectivity index (χ3n) is 7.71. The quantitative estimate of drug-likeness (QED) is 0.121. The summed E-state index contributed by atoms with van der Waals surface area (Å²) in [5.74, 6) is 1.84. The summed E-state index contributed by atoms with van der Waals surface area (Å²) in [5.41, 5.74) is 7.88. The molecule has 0 amide bonds. The zero-order valence-electron chi connectivity index (χ0n) is 23.4. The molecule has 0 radical (unpaired) electrons. The van der Waals surface area contributed by atoms with E-state index in [0.29, 0.717) is 23.2 Å². The molecular formula is C38H22N6. The van der Waals surface area contributed by atoms with Gasteiger partial charge in [0.25, 0.3) is 0 Å². The second-order valence-corrected chi connectivity index (χ2v) is 10.5. The zero-order valence-corrected chi connectivity index (χ0v) is 23.4. The molecule has 8 aromatic rings. The SMILES string of the molecule is [C-]#[N+]c1ccc2nc3c(cc(-c4cccc(-c5nc(-c6ccccc6)nc(-c6ccccc6)n5)c4)c4cccnc43)cc2c1. The molecule has 44 heavy (non-hydrogen) atoms. The van der Waals surface area contributed by atoms with Crippen LogP contribution < -0.4 is 0 Å². The molecule has 0 N–H and O–H groups in total. The second-order valence-electron chi connectivity index (χ2n) is 10.5. The summed E-state index contributed by atoms with van der Waals surface area (Å²) < 4.78 is 0. The first-order chi connectivity index (χ1) is 21.7. The molecule has 0 aliphatic rings. The van der Waals surface area contributed by atoms with Gasteiger partial charge in [0, 0.05) is 33.7 Å². The fourth-order valence-corrected chi connectivity index (χ4v) is 5.60. The summed E-state index contributed by atoms with van der Waals surface area (Å²) >= 11 is 0. The number of pyridine rings is 2. The fraction of sp³-hybridized carbons (Fsp3) is 0. The van der Waals surface area contributed by atoms with Crippen molar-refractivity contribution in [2.24, 2.45) is 0 Å². The Morgan fingerprint density at radius 1 is 0.477 bits per heavy atom. The number of fused-ring (bicyclic) bond motifs is 4.